The molecule has 8 nitrogen and oxygen atoms in total. The third-order valence-electron chi connectivity index (χ3n) is 7.79. The lowest BCUT2D eigenvalue weighted by Crippen LogP contribution is -2.73. The molecule has 4 aliphatic rings. The maximum absolute atomic E-state index is 14.3. The number of anilines is 2. The van der Waals surface area contributed by atoms with Gasteiger partial charge in [-0.3, -0.25) is 9.47 Å². The highest BCUT2D eigenvalue weighted by Crippen LogP contribution is 2.44. The van der Waals surface area contributed by atoms with Crippen molar-refractivity contribution in [3.05, 3.63) is 58.3 Å². The molecule has 0 radical (unpaired) electrons. The summed E-state index contributed by atoms with van der Waals surface area (Å²) in [6.07, 6.45) is 1.03. The quantitative estimate of drug-likeness (QED) is 0.553. The van der Waals surface area contributed by atoms with E-state index in [0.717, 1.165) is 87.1 Å². The molecule has 0 amide bonds. The Morgan fingerprint density at radius 1 is 1.06 bits per heavy atom. The minimum absolute atomic E-state index is 0.144. The molecule has 35 heavy (non-hydrogen) atoms. The van der Waals surface area contributed by atoms with Gasteiger partial charge in [0.2, 0.25) is 5.95 Å². The van der Waals surface area contributed by atoms with Crippen molar-refractivity contribution in [3.8, 4) is 5.69 Å². The SMILES string of the molecule is Cc1ccc(F)c(N2CC3(C2)CN(c2nnc4n2-c2ccc(Cl)cc2CN([C@@H]2CCOC2)C4)C3)n1. The van der Waals surface area contributed by atoms with E-state index in [4.69, 9.17) is 16.3 Å². The standard InChI is InChI=1S/C25H27ClFN7O/c1-16-2-4-20(27)23(28-16)32-12-25(13-32)14-33(15-25)24-30-29-22-10-31(19-6-7-35-11-19)9-17-8-18(26)3-5-21(17)34(22)24/h2-5,8,19H,6-7,9-15H2,1H3/t19-/m1/s1. The van der Waals surface area contributed by atoms with Crippen LogP contribution in [0.3, 0.4) is 0 Å². The van der Waals surface area contributed by atoms with Gasteiger partial charge >= 0.3 is 0 Å². The highest BCUT2D eigenvalue weighted by Gasteiger charge is 2.54. The lowest BCUT2D eigenvalue weighted by Gasteiger charge is -2.60. The predicted octanol–water partition coefficient (Wildman–Crippen LogP) is 3.19. The predicted molar refractivity (Wildman–Crippen MR) is 131 cm³/mol. The van der Waals surface area contributed by atoms with Gasteiger partial charge in [0.25, 0.3) is 0 Å². The Hall–Kier alpha value is -2.75. The zero-order valence-electron chi connectivity index (χ0n) is 19.6. The number of nitrogens with zero attached hydrogens (tertiary/aromatic N) is 7. The first-order valence-electron chi connectivity index (χ1n) is 12.2. The Morgan fingerprint density at radius 3 is 2.69 bits per heavy atom. The number of ether oxygens (including phenoxy) is 1. The molecule has 0 unspecified atom stereocenters. The van der Waals surface area contributed by atoms with Gasteiger partial charge in [-0.1, -0.05) is 11.6 Å². The highest BCUT2D eigenvalue weighted by molar-refractivity contribution is 6.30. The molecule has 0 N–H and O–H groups in total. The molecular formula is C25H27ClFN7O. The molecule has 6 heterocycles. The fourth-order valence-corrected chi connectivity index (χ4v) is 6.25. The van der Waals surface area contributed by atoms with Crippen molar-refractivity contribution in [2.45, 2.75) is 32.5 Å². The van der Waals surface area contributed by atoms with E-state index in [2.05, 4.69) is 41.7 Å². The number of halogens is 2. The summed E-state index contributed by atoms with van der Waals surface area (Å²) in [7, 11) is 0. The molecule has 3 fully saturated rings. The summed E-state index contributed by atoms with van der Waals surface area (Å²) in [6.45, 7) is 8.33. The molecule has 0 bridgehead atoms. The van der Waals surface area contributed by atoms with Gasteiger partial charge in [0.15, 0.2) is 17.5 Å². The Labute approximate surface area is 208 Å². The van der Waals surface area contributed by atoms with Crippen LogP contribution >= 0.6 is 11.6 Å². The molecule has 1 atom stereocenters. The van der Waals surface area contributed by atoms with E-state index in [1.54, 1.807) is 6.07 Å². The molecule has 0 saturated carbocycles. The molecule has 0 aliphatic carbocycles. The first-order valence-corrected chi connectivity index (χ1v) is 12.5. The van der Waals surface area contributed by atoms with Crippen molar-refractivity contribution in [1.29, 1.82) is 0 Å². The number of hydrogen-bond acceptors (Lipinski definition) is 7. The summed E-state index contributed by atoms with van der Waals surface area (Å²) in [4.78, 5) is 11.2. The van der Waals surface area contributed by atoms with E-state index in [0.29, 0.717) is 11.9 Å². The Balaban J connectivity index is 1.14. The van der Waals surface area contributed by atoms with Gasteiger partial charge in [-0.15, -0.1) is 10.2 Å². The second-order valence-corrected chi connectivity index (χ2v) is 10.9. The van der Waals surface area contributed by atoms with E-state index in [1.807, 2.05) is 17.9 Å². The monoisotopic (exact) mass is 495 g/mol. The number of hydrogen-bond donors (Lipinski definition) is 0. The maximum atomic E-state index is 14.3. The minimum atomic E-state index is -0.253. The smallest absolute Gasteiger partial charge is 0.231 e. The molecule has 4 aliphatic heterocycles. The second-order valence-electron chi connectivity index (χ2n) is 10.4. The topological polar surface area (TPSA) is 62.6 Å². The Bertz CT molecular complexity index is 1290. The molecule has 1 aromatic carbocycles. The number of rotatable bonds is 3. The average molecular weight is 496 g/mol. The molecular weight excluding hydrogens is 469 g/mol. The van der Waals surface area contributed by atoms with E-state index in [-0.39, 0.29) is 11.2 Å². The van der Waals surface area contributed by atoms with Crippen molar-refractivity contribution in [2.24, 2.45) is 5.41 Å². The summed E-state index contributed by atoms with van der Waals surface area (Å²) in [6, 6.07) is 9.66. The van der Waals surface area contributed by atoms with Crippen LogP contribution in [-0.2, 0) is 17.8 Å². The third-order valence-corrected chi connectivity index (χ3v) is 8.02. The summed E-state index contributed by atoms with van der Waals surface area (Å²) < 4.78 is 22.2. The zero-order valence-corrected chi connectivity index (χ0v) is 20.4. The van der Waals surface area contributed by atoms with Crippen molar-refractivity contribution in [3.63, 3.8) is 0 Å². The fraction of sp³-hybridized carbons (Fsp3) is 0.480. The van der Waals surface area contributed by atoms with Crippen LogP contribution in [0.1, 0.15) is 23.5 Å². The second kappa shape index (κ2) is 7.88. The molecule has 10 heteroatoms. The van der Waals surface area contributed by atoms with Gasteiger partial charge in [-0.2, -0.15) is 0 Å². The summed E-state index contributed by atoms with van der Waals surface area (Å²) >= 11 is 6.40. The number of aryl methyl sites for hydroxylation is 1. The van der Waals surface area contributed by atoms with Crippen LogP contribution in [0.25, 0.3) is 5.69 Å². The van der Waals surface area contributed by atoms with Gasteiger partial charge in [0, 0.05) is 61.5 Å². The molecule has 182 valence electrons. The molecule has 2 aromatic heterocycles. The van der Waals surface area contributed by atoms with E-state index in [9.17, 15) is 4.39 Å². The lowest BCUT2D eigenvalue weighted by atomic mass is 9.73. The molecule has 7 rings (SSSR count). The van der Waals surface area contributed by atoms with Gasteiger partial charge < -0.3 is 14.5 Å². The summed E-state index contributed by atoms with van der Waals surface area (Å²) in [5.41, 5.74) is 3.24. The van der Waals surface area contributed by atoms with Crippen LogP contribution in [-0.4, -0.2) is 70.1 Å². The minimum Gasteiger partial charge on any atom is -0.380 e. The first-order chi connectivity index (χ1) is 17.0. The molecule has 3 saturated heterocycles. The van der Waals surface area contributed by atoms with Crippen molar-refractivity contribution < 1.29 is 9.13 Å². The van der Waals surface area contributed by atoms with Gasteiger partial charge in [-0.05, 0) is 49.2 Å². The lowest BCUT2D eigenvalue weighted by molar-refractivity contribution is 0.133. The van der Waals surface area contributed by atoms with E-state index in [1.165, 1.54) is 11.6 Å². The Morgan fingerprint density at radius 2 is 1.89 bits per heavy atom. The normalized spacial score (nSPS) is 23.0. The van der Waals surface area contributed by atoms with Crippen LogP contribution in [0, 0.1) is 18.2 Å². The van der Waals surface area contributed by atoms with Crippen molar-refractivity contribution >= 4 is 23.4 Å². The first kappa shape index (κ1) is 21.5. The third kappa shape index (κ3) is 3.51. The van der Waals surface area contributed by atoms with Crippen LogP contribution in [0.5, 0.6) is 0 Å². The highest BCUT2D eigenvalue weighted by atomic mass is 35.5. The van der Waals surface area contributed by atoms with Crippen molar-refractivity contribution in [1.82, 2.24) is 24.6 Å². The molecule has 3 aromatic rings. The number of benzene rings is 1. The summed E-state index contributed by atoms with van der Waals surface area (Å²) in [5, 5.41) is 9.99. The number of fused-ring (bicyclic) bond motifs is 3. The van der Waals surface area contributed by atoms with Crippen LogP contribution in [0.15, 0.2) is 30.3 Å². The van der Waals surface area contributed by atoms with Crippen LogP contribution in [0.2, 0.25) is 5.02 Å². The summed E-state index contributed by atoms with van der Waals surface area (Å²) in [5.74, 6) is 2.02. The fourth-order valence-electron chi connectivity index (χ4n) is 6.05. The van der Waals surface area contributed by atoms with E-state index < -0.39 is 0 Å². The van der Waals surface area contributed by atoms with E-state index >= 15 is 0 Å². The van der Waals surface area contributed by atoms with Crippen molar-refractivity contribution in [2.75, 3.05) is 49.2 Å². The van der Waals surface area contributed by atoms with Gasteiger partial charge in [-0.25, -0.2) is 9.37 Å². The molecule has 1 spiro atoms. The van der Waals surface area contributed by atoms with Crippen LogP contribution in [0.4, 0.5) is 16.2 Å². The number of aromatic nitrogens is 4. The maximum Gasteiger partial charge on any atom is 0.231 e. The number of pyridine rings is 1. The van der Waals surface area contributed by atoms with Gasteiger partial charge in [0.1, 0.15) is 0 Å². The van der Waals surface area contributed by atoms with Gasteiger partial charge in [0.05, 0.1) is 18.8 Å². The zero-order chi connectivity index (χ0) is 23.7. The Kier molecular flexibility index (Phi) is 4.84. The van der Waals surface area contributed by atoms with Crippen LogP contribution < -0.4 is 9.80 Å². The average Bonchev–Trinajstić information content (AvgIpc) is 3.42. The largest absolute Gasteiger partial charge is 0.380 e.